The molecule has 2 heteroatoms. The zero-order valence-corrected chi connectivity index (χ0v) is 26.4. The van der Waals surface area contributed by atoms with Crippen molar-refractivity contribution in [2.24, 2.45) is 0 Å². The number of rotatable bonds is 4. The maximum atomic E-state index is 3.06. The summed E-state index contributed by atoms with van der Waals surface area (Å²) >= 11 is 1.36. The van der Waals surface area contributed by atoms with Crippen LogP contribution in [0.1, 0.15) is 25.0 Å². The van der Waals surface area contributed by atoms with Crippen molar-refractivity contribution in [3.8, 4) is 22.3 Å². The Morgan fingerprint density at radius 1 is 0.526 bits per heavy atom. The Hall–Kier alpha value is -2.80. The SMILES string of the molecule is CCc1cc2c(-c3ccccc3)cccc2[cH-]1.CCc1cc2c(-c3ccccc3)cccc2[cH-]1.[CH3-].[CH3-].[Si]=[Zr]. The van der Waals surface area contributed by atoms with E-state index in [1.807, 2.05) is 0 Å². The van der Waals surface area contributed by atoms with Gasteiger partial charge in [-0.2, -0.15) is 12.1 Å². The molecule has 38 heavy (non-hydrogen) atoms. The summed E-state index contributed by atoms with van der Waals surface area (Å²) in [5.74, 6) is 0. The molecule has 0 N–H and O–H groups in total. The van der Waals surface area contributed by atoms with Crippen molar-refractivity contribution in [2.75, 3.05) is 0 Å². The average Bonchev–Trinajstić information content (AvgIpc) is 3.59. The molecule has 0 saturated heterocycles. The summed E-state index contributed by atoms with van der Waals surface area (Å²) in [7, 11) is 0. The molecule has 6 aromatic rings. The Bertz CT molecular complexity index is 1410. The van der Waals surface area contributed by atoms with E-state index >= 15 is 0 Å². The molecule has 192 valence electrons. The van der Waals surface area contributed by atoms with E-state index < -0.39 is 0 Å². The number of aryl methyl sites for hydroxylation is 2. The Balaban J connectivity index is 0.000000239. The molecular formula is C36H36SiZr-4. The van der Waals surface area contributed by atoms with Gasteiger partial charge in [0.2, 0.25) is 0 Å². The Kier molecular flexibility index (Phi) is 12.9. The van der Waals surface area contributed by atoms with Crippen molar-refractivity contribution in [2.45, 2.75) is 26.7 Å². The van der Waals surface area contributed by atoms with Crippen LogP contribution in [-0.4, -0.2) is 6.88 Å². The number of fused-ring (bicyclic) bond motifs is 2. The van der Waals surface area contributed by atoms with Gasteiger partial charge in [-0.05, 0) is 24.0 Å². The maximum absolute atomic E-state index is 3.06. The first-order chi connectivity index (χ1) is 17.8. The first-order valence-electron chi connectivity index (χ1n) is 12.5. The molecule has 6 rings (SSSR count). The van der Waals surface area contributed by atoms with Crippen LogP contribution in [-0.2, 0) is 36.2 Å². The fourth-order valence-corrected chi connectivity index (χ4v) is 4.74. The molecule has 0 nitrogen and oxygen atoms in total. The van der Waals surface area contributed by atoms with E-state index in [9.17, 15) is 0 Å². The monoisotopic (exact) mass is 586 g/mol. The molecule has 2 radical (unpaired) electrons. The number of benzene rings is 4. The van der Waals surface area contributed by atoms with Crippen molar-refractivity contribution >= 4 is 28.4 Å². The van der Waals surface area contributed by atoms with Crippen molar-refractivity contribution in [1.82, 2.24) is 0 Å². The summed E-state index contributed by atoms with van der Waals surface area (Å²) in [5, 5.41) is 5.44. The molecule has 0 amide bonds. The van der Waals surface area contributed by atoms with Crippen LogP contribution in [0, 0.1) is 14.9 Å². The van der Waals surface area contributed by atoms with Gasteiger partial charge >= 0.3 is 30.2 Å². The average molecular weight is 588 g/mol. The third kappa shape index (κ3) is 7.19. The minimum atomic E-state index is 0. The van der Waals surface area contributed by atoms with E-state index in [2.05, 4.69) is 142 Å². The fraction of sp³-hybridized carbons (Fsp3) is 0.111. The number of hydrogen-bond acceptors (Lipinski definition) is 0. The van der Waals surface area contributed by atoms with Gasteiger partial charge in [0.1, 0.15) is 0 Å². The van der Waals surface area contributed by atoms with Gasteiger partial charge in [-0.25, -0.2) is 0 Å². The molecule has 0 spiro atoms. The van der Waals surface area contributed by atoms with Crippen molar-refractivity contribution < 1.29 is 23.3 Å². The third-order valence-electron chi connectivity index (χ3n) is 6.61. The first kappa shape index (κ1) is 31.4. The Labute approximate surface area is 246 Å². The molecule has 0 unspecified atom stereocenters. The van der Waals surface area contributed by atoms with Crippen molar-refractivity contribution in [1.29, 1.82) is 0 Å². The molecule has 0 saturated carbocycles. The van der Waals surface area contributed by atoms with Gasteiger partial charge in [-0.1, -0.05) is 97.8 Å². The van der Waals surface area contributed by atoms with E-state index in [1.165, 1.54) is 78.3 Å². The molecule has 0 bridgehead atoms. The molecule has 0 aliphatic carbocycles. The Morgan fingerprint density at radius 2 is 0.895 bits per heavy atom. The van der Waals surface area contributed by atoms with Crippen LogP contribution in [0.2, 0.25) is 0 Å². The van der Waals surface area contributed by atoms with E-state index in [0.29, 0.717) is 0 Å². The van der Waals surface area contributed by atoms with Gasteiger partial charge in [0.15, 0.2) is 0 Å². The summed E-state index contributed by atoms with van der Waals surface area (Å²) in [6.07, 6.45) is 2.20. The third-order valence-corrected chi connectivity index (χ3v) is 6.61. The van der Waals surface area contributed by atoms with Crippen LogP contribution in [0.3, 0.4) is 0 Å². The zero-order chi connectivity index (χ0) is 25.3. The van der Waals surface area contributed by atoms with Gasteiger partial charge in [-0.15, -0.1) is 69.1 Å². The summed E-state index contributed by atoms with van der Waals surface area (Å²) in [4.78, 5) is 0. The van der Waals surface area contributed by atoms with Crippen LogP contribution in [0.5, 0.6) is 0 Å². The Morgan fingerprint density at radius 3 is 1.24 bits per heavy atom. The predicted molar refractivity (Wildman–Crippen MR) is 167 cm³/mol. The predicted octanol–water partition coefficient (Wildman–Crippen LogP) is 10.1. The van der Waals surface area contributed by atoms with Gasteiger partial charge in [0, 0.05) is 0 Å². The number of hydrogen-bond donors (Lipinski definition) is 0. The quantitative estimate of drug-likeness (QED) is 0.142. The fourth-order valence-electron chi connectivity index (χ4n) is 4.74. The van der Waals surface area contributed by atoms with Gasteiger partial charge in [0.05, 0.1) is 0 Å². The molecule has 0 fully saturated rings. The van der Waals surface area contributed by atoms with E-state index in [4.69, 9.17) is 0 Å². The molecular weight excluding hydrogens is 552 g/mol. The molecule has 0 aliphatic rings. The van der Waals surface area contributed by atoms with E-state index in [0.717, 1.165) is 12.8 Å². The van der Waals surface area contributed by atoms with Gasteiger partial charge in [0.25, 0.3) is 0 Å². The second-order valence-corrected chi connectivity index (χ2v) is 8.78. The second kappa shape index (κ2) is 15.6. The van der Waals surface area contributed by atoms with Gasteiger partial charge in [-0.3, -0.25) is 0 Å². The zero-order valence-electron chi connectivity index (χ0n) is 23.0. The molecule has 6 aromatic carbocycles. The van der Waals surface area contributed by atoms with Crippen LogP contribution >= 0.6 is 0 Å². The summed E-state index contributed by atoms with van der Waals surface area (Å²) < 4.78 is 0. The van der Waals surface area contributed by atoms with E-state index in [-0.39, 0.29) is 14.9 Å². The summed E-state index contributed by atoms with van der Waals surface area (Å²) in [6.45, 7) is 7.47. The molecule has 0 atom stereocenters. The van der Waals surface area contributed by atoms with Gasteiger partial charge < -0.3 is 14.9 Å². The first-order valence-corrected chi connectivity index (χ1v) is 16.7. The van der Waals surface area contributed by atoms with Crippen LogP contribution in [0.25, 0.3) is 43.8 Å². The topological polar surface area (TPSA) is 0 Å². The van der Waals surface area contributed by atoms with Crippen LogP contribution < -0.4 is 0 Å². The standard InChI is InChI=1S/2C17H15.2CH3.Si.Zr/c2*1-2-13-11-15-9-6-10-16(17(15)12-13)14-7-4-3-5-8-14;;;;/h2*3-12H,2H2,1H3;2*1H3;;/q4*-1;;. The van der Waals surface area contributed by atoms with Crippen molar-refractivity contribution in [3.05, 3.63) is 147 Å². The molecule has 0 aromatic heterocycles. The summed E-state index contributed by atoms with van der Waals surface area (Å²) in [5.41, 5.74) is 8.11. The molecule has 0 heterocycles. The van der Waals surface area contributed by atoms with Crippen LogP contribution in [0.4, 0.5) is 0 Å². The molecule has 0 aliphatic heterocycles. The normalized spacial score (nSPS) is 9.82. The van der Waals surface area contributed by atoms with Crippen LogP contribution in [0.15, 0.2) is 121 Å². The van der Waals surface area contributed by atoms with Crippen molar-refractivity contribution in [3.63, 3.8) is 0 Å². The minimum absolute atomic E-state index is 0. The summed E-state index contributed by atoms with van der Waals surface area (Å²) in [6, 6.07) is 43.5. The second-order valence-electron chi connectivity index (χ2n) is 8.78. The van der Waals surface area contributed by atoms with E-state index in [1.54, 1.807) is 0 Å².